The molecule has 0 bridgehead atoms. The summed E-state index contributed by atoms with van der Waals surface area (Å²) < 4.78 is 27.9. The van der Waals surface area contributed by atoms with E-state index in [-0.39, 0.29) is 12.2 Å². The van der Waals surface area contributed by atoms with Crippen molar-refractivity contribution in [1.82, 2.24) is 0 Å². The van der Waals surface area contributed by atoms with Gasteiger partial charge in [-0.05, 0) is 54.9 Å². The molecule has 1 nitrogen and oxygen atoms in total. The fourth-order valence-electron chi connectivity index (χ4n) is 3.10. The van der Waals surface area contributed by atoms with Crippen molar-refractivity contribution in [1.29, 1.82) is 0 Å². The third kappa shape index (κ3) is 2.48. The van der Waals surface area contributed by atoms with E-state index in [0.29, 0.717) is 24.0 Å². The molecular formula is C18H16F2O. The normalized spacial score (nSPS) is 17.4. The van der Waals surface area contributed by atoms with Gasteiger partial charge in [0.2, 0.25) is 0 Å². The molecule has 0 spiro atoms. The summed E-state index contributed by atoms with van der Waals surface area (Å²) in [5.41, 5.74) is 3.14. The Morgan fingerprint density at radius 1 is 1.19 bits per heavy atom. The molecule has 1 aliphatic rings. The topological polar surface area (TPSA) is 17.1 Å². The van der Waals surface area contributed by atoms with Crippen LogP contribution in [-0.4, -0.2) is 6.29 Å². The second kappa shape index (κ2) is 5.40. The minimum atomic E-state index is -0.759. The number of aldehydes is 1. The predicted octanol–water partition coefficient (Wildman–Crippen LogP) is 4.36. The lowest BCUT2D eigenvalue weighted by atomic mass is 9.79. The number of carbonyl (C=O) groups is 1. The molecule has 0 fully saturated rings. The average molecular weight is 286 g/mol. The molecule has 2 aromatic carbocycles. The van der Waals surface area contributed by atoms with Crippen LogP contribution in [0.1, 0.15) is 45.0 Å². The molecule has 1 unspecified atom stereocenters. The van der Waals surface area contributed by atoms with Crippen LogP contribution in [0, 0.1) is 18.6 Å². The van der Waals surface area contributed by atoms with Gasteiger partial charge < -0.3 is 0 Å². The average Bonchev–Trinajstić information content (AvgIpc) is 2.48. The Bertz CT molecular complexity index is 689. The van der Waals surface area contributed by atoms with E-state index in [2.05, 4.69) is 24.3 Å². The SMILES string of the molecule is Cc1ccc(C2CCc3c(cc(F)c(C=O)c3F)C2)cc1. The van der Waals surface area contributed by atoms with Crippen LogP contribution in [0.2, 0.25) is 0 Å². The number of hydrogen-bond donors (Lipinski definition) is 0. The van der Waals surface area contributed by atoms with Gasteiger partial charge in [0.15, 0.2) is 6.29 Å². The molecule has 3 heteroatoms. The van der Waals surface area contributed by atoms with Crippen molar-refractivity contribution in [3.05, 3.63) is 69.8 Å². The van der Waals surface area contributed by atoms with Crippen LogP contribution in [0.3, 0.4) is 0 Å². The molecule has 0 aromatic heterocycles. The minimum Gasteiger partial charge on any atom is -0.298 e. The van der Waals surface area contributed by atoms with E-state index in [0.717, 1.165) is 6.42 Å². The molecule has 0 N–H and O–H groups in total. The fraction of sp³-hybridized carbons (Fsp3) is 0.278. The second-order valence-electron chi connectivity index (χ2n) is 5.69. The Balaban J connectivity index is 1.96. The largest absolute Gasteiger partial charge is 0.298 e. The Labute approximate surface area is 122 Å². The number of carbonyl (C=O) groups excluding carboxylic acids is 1. The summed E-state index contributed by atoms with van der Waals surface area (Å²) in [6.07, 6.45) is 2.24. The number of halogens is 2. The summed E-state index contributed by atoms with van der Waals surface area (Å²) in [6, 6.07) is 9.60. The van der Waals surface area contributed by atoms with Gasteiger partial charge in [0.1, 0.15) is 11.6 Å². The molecule has 1 aliphatic carbocycles. The van der Waals surface area contributed by atoms with E-state index in [1.165, 1.54) is 17.2 Å². The zero-order valence-electron chi connectivity index (χ0n) is 11.8. The summed E-state index contributed by atoms with van der Waals surface area (Å²) in [6.45, 7) is 2.03. The Morgan fingerprint density at radius 2 is 1.90 bits per heavy atom. The summed E-state index contributed by atoms with van der Waals surface area (Å²) in [5.74, 6) is -1.16. The van der Waals surface area contributed by atoms with Crippen LogP contribution in [0.5, 0.6) is 0 Å². The van der Waals surface area contributed by atoms with Crippen LogP contribution in [0.15, 0.2) is 30.3 Å². The van der Waals surface area contributed by atoms with Crippen molar-refractivity contribution in [3.8, 4) is 0 Å². The molecule has 2 aromatic rings. The van der Waals surface area contributed by atoms with E-state index >= 15 is 0 Å². The first kappa shape index (κ1) is 13.9. The third-order valence-electron chi connectivity index (χ3n) is 4.32. The highest BCUT2D eigenvalue weighted by atomic mass is 19.1. The van der Waals surface area contributed by atoms with Gasteiger partial charge in [-0.15, -0.1) is 0 Å². The van der Waals surface area contributed by atoms with Crippen molar-refractivity contribution in [2.75, 3.05) is 0 Å². The van der Waals surface area contributed by atoms with Crippen LogP contribution in [0.25, 0.3) is 0 Å². The van der Waals surface area contributed by atoms with Crippen molar-refractivity contribution >= 4 is 6.29 Å². The van der Waals surface area contributed by atoms with Crippen LogP contribution < -0.4 is 0 Å². The second-order valence-corrected chi connectivity index (χ2v) is 5.69. The molecule has 1 atom stereocenters. The lowest BCUT2D eigenvalue weighted by Crippen LogP contribution is -2.16. The van der Waals surface area contributed by atoms with Gasteiger partial charge >= 0.3 is 0 Å². The Morgan fingerprint density at radius 3 is 2.57 bits per heavy atom. The summed E-state index contributed by atoms with van der Waals surface area (Å²) in [7, 11) is 0. The van der Waals surface area contributed by atoms with E-state index in [9.17, 15) is 13.6 Å². The van der Waals surface area contributed by atoms with Gasteiger partial charge in [-0.25, -0.2) is 8.78 Å². The number of fused-ring (bicyclic) bond motifs is 1. The molecule has 0 radical (unpaired) electrons. The monoisotopic (exact) mass is 286 g/mol. The maximum Gasteiger partial charge on any atom is 0.155 e. The van der Waals surface area contributed by atoms with E-state index in [4.69, 9.17) is 0 Å². The van der Waals surface area contributed by atoms with Crippen molar-refractivity contribution < 1.29 is 13.6 Å². The highest BCUT2D eigenvalue weighted by Crippen LogP contribution is 2.35. The Kier molecular flexibility index (Phi) is 3.58. The van der Waals surface area contributed by atoms with E-state index in [1.54, 1.807) is 0 Å². The standard InChI is InChI=1S/C18H16F2O/c1-11-2-4-12(5-3-11)13-6-7-15-14(8-13)9-17(19)16(10-21)18(15)20/h2-5,9-10,13H,6-8H2,1H3. The third-order valence-corrected chi connectivity index (χ3v) is 4.32. The maximum absolute atomic E-state index is 14.1. The van der Waals surface area contributed by atoms with Crippen LogP contribution in [0.4, 0.5) is 8.78 Å². The maximum atomic E-state index is 14.1. The molecule has 108 valence electrons. The minimum absolute atomic E-state index is 0.261. The van der Waals surface area contributed by atoms with E-state index in [1.807, 2.05) is 6.92 Å². The number of aryl methyl sites for hydroxylation is 1. The fourth-order valence-corrected chi connectivity index (χ4v) is 3.10. The number of hydrogen-bond acceptors (Lipinski definition) is 1. The molecule has 21 heavy (non-hydrogen) atoms. The summed E-state index contributed by atoms with van der Waals surface area (Å²) in [4.78, 5) is 10.8. The molecule has 3 rings (SSSR count). The van der Waals surface area contributed by atoms with Gasteiger partial charge in [0.05, 0.1) is 5.56 Å². The number of rotatable bonds is 2. The van der Waals surface area contributed by atoms with Gasteiger partial charge in [-0.3, -0.25) is 4.79 Å². The van der Waals surface area contributed by atoms with Crippen LogP contribution >= 0.6 is 0 Å². The highest BCUT2D eigenvalue weighted by molar-refractivity contribution is 5.76. The first-order valence-corrected chi connectivity index (χ1v) is 7.11. The van der Waals surface area contributed by atoms with Crippen molar-refractivity contribution in [3.63, 3.8) is 0 Å². The molecular weight excluding hydrogens is 270 g/mol. The molecule has 0 saturated carbocycles. The molecule has 0 amide bonds. The number of benzene rings is 2. The predicted molar refractivity (Wildman–Crippen MR) is 77.7 cm³/mol. The first-order chi connectivity index (χ1) is 10.1. The quantitative estimate of drug-likeness (QED) is 0.750. The van der Waals surface area contributed by atoms with Crippen molar-refractivity contribution in [2.24, 2.45) is 0 Å². The van der Waals surface area contributed by atoms with Crippen molar-refractivity contribution in [2.45, 2.75) is 32.1 Å². The van der Waals surface area contributed by atoms with Gasteiger partial charge in [-0.1, -0.05) is 29.8 Å². The lowest BCUT2D eigenvalue weighted by molar-refractivity contribution is 0.111. The zero-order valence-corrected chi connectivity index (χ0v) is 11.8. The Hall–Kier alpha value is -2.03. The van der Waals surface area contributed by atoms with Crippen LogP contribution in [-0.2, 0) is 12.8 Å². The molecule has 0 aliphatic heterocycles. The summed E-state index contributed by atoms with van der Waals surface area (Å²) >= 11 is 0. The van der Waals surface area contributed by atoms with Gasteiger partial charge in [0, 0.05) is 0 Å². The van der Waals surface area contributed by atoms with Gasteiger partial charge in [0.25, 0.3) is 0 Å². The highest BCUT2D eigenvalue weighted by Gasteiger charge is 2.25. The molecule has 0 heterocycles. The van der Waals surface area contributed by atoms with Gasteiger partial charge in [-0.2, -0.15) is 0 Å². The zero-order chi connectivity index (χ0) is 15.0. The van der Waals surface area contributed by atoms with E-state index < -0.39 is 17.2 Å². The summed E-state index contributed by atoms with van der Waals surface area (Å²) in [5, 5.41) is 0. The smallest absolute Gasteiger partial charge is 0.155 e. The molecule has 0 saturated heterocycles. The first-order valence-electron chi connectivity index (χ1n) is 7.11. The lowest BCUT2D eigenvalue weighted by Gasteiger charge is -2.26.